The summed E-state index contributed by atoms with van der Waals surface area (Å²) in [5, 5.41) is 0. The Balaban J connectivity index is 0.000001000. The number of halogens is 3. The number of hydrogen-bond acceptors (Lipinski definition) is 0. The first-order valence-corrected chi connectivity index (χ1v) is 5.38. The third kappa shape index (κ3) is 3.89. The maximum Gasteiger partial charge on any atom is 0 e. The summed E-state index contributed by atoms with van der Waals surface area (Å²) in [5.74, 6) is 0. The third-order valence-corrected chi connectivity index (χ3v) is 3.57. The summed E-state index contributed by atoms with van der Waals surface area (Å²) in [5.41, 5.74) is -0.860. The smallest absolute Gasteiger partial charge is 0 e. The minimum atomic E-state index is -5.26. The van der Waals surface area contributed by atoms with Crippen LogP contribution in [0.25, 0.3) is 0 Å². The fourth-order valence-electron chi connectivity index (χ4n) is 1.43. The molecule has 72 valence electrons. The molecular formula is C6H12F3PPt. The monoisotopic (exact) mass is 367 g/mol. The molecule has 0 N–H and O–H groups in total. The zero-order valence-corrected chi connectivity index (χ0v) is 9.34. The van der Waals surface area contributed by atoms with Crippen molar-refractivity contribution in [3.63, 3.8) is 0 Å². The average Bonchev–Trinajstić information content (AvgIpc) is 1.88. The van der Waals surface area contributed by atoms with Gasteiger partial charge in [-0.3, -0.25) is 0 Å². The van der Waals surface area contributed by atoms with E-state index < -0.39 is 13.9 Å². The summed E-state index contributed by atoms with van der Waals surface area (Å²) < 4.78 is 36.2. The SMILES string of the molecule is F[PH](F)(F)C1CCCCC1.[Pt]. The van der Waals surface area contributed by atoms with Crippen molar-refractivity contribution in [3.05, 3.63) is 0 Å². The van der Waals surface area contributed by atoms with E-state index >= 15 is 0 Å². The van der Waals surface area contributed by atoms with E-state index in [1.165, 1.54) is 0 Å². The van der Waals surface area contributed by atoms with Crippen LogP contribution in [0.1, 0.15) is 32.1 Å². The Morgan fingerprint density at radius 2 is 1.36 bits per heavy atom. The first-order valence-electron chi connectivity index (χ1n) is 3.67. The molecule has 0 aromatic heterocycles. The molecular weight excluding hydrogens is 355 g/mol. The summed E-state index contributed by atoms with van der Waals surface area (Å²) >= 11 is 0. The normalized spacial score (nSPS) is 22.5. The molecule has 0 nitrogen and oxygen atoms in total. The molecule has 0 saturated heterocycles. The van der Waals surface area contributed by atoms with Crippen molar-refractivity contribution in [2.45, 2.75) is 37.8 Å². The molecule has 0 aliphatic heterocycles. The van der Waals surface area contributed by atoms with Crippen molar-refractivity contribution in [1.82, 2.24) is 0 Å². The van der Waals surface area contributed by atoms with Gasteiger partial charge >= 0.3 is 58.5 Å². The second-order valence-corrected chi connectivity index (χ2v) is 4.78. The van der Waals surface area contributed by atoms with Gasteiger partial charge < -0.3 is 0 Å². The largest absolute Gasteiger partial charge is 0 e. The van der Waals surface area contributed by atoms with Crippen molar-refractivity contribution < 1.29 is 33.7 Å². The fraction of sp³-hybridized carbons (Fsp3) is 1.00. The van der Waals surface area contributed by atoms with Crippen LogP contribution in [0.3, 0.4) is 0 Å². The zero-order valence-electron chi connectivity index (χ0n) is 6.06. The Hall–Kier alpha value is 0.908. The predicted octanol–water partition coefficient (Wildman–Crippen LogP) is 3.72. The van der Waals surface area contributed by atoms with Gasteiger partial charge in [-0.25, -0.2) is 0 Å². The molecule has 0 radical (unpaired) electrons. The average molecular weight is 367 g/mol. The molecule has 1 rings (SSSR count). The van der Waals surface area contributed by atoms with E-state index in [1.807, 2.05) is 0 Å². The van der Waals surface area contributed by atoms with E-state index in [0.29, 0.717) is 12.8 Å². The first-order chi connectivity index (χ1) is 4.61. The fourth-order valence-corrected chi connectivity index (χ4v) is 2.49. The minimum absolute atomic E-state index is 0. The summed E-state index contributed by atoms with van der Waals surface area (Å²) in [6, 6.07) is 0. The molecule has 0 aromatic carbocycles. The van der Waals surface area contributed by atoms with Crippen molar-refractivity contribution in [2.75, 3.05) is 0 Å². The van der Waals surface area contributed by atoms with E-state index in [-0.39, 0.29) is 21.1 Å². The molecule has 11 heavy (non-hydrogen) atoms. The minimum Gasteiger partial charge on any atom is 0 e. The van der Waals surface area contributed by atoms with Crippen LogP contribution in [0.2, 0.25) is 0 Å². The second-order valence-electron chi connectivity index (χ2n) is 2.88. The third-order valence-electron chi connectivity index (χ3n) is 2.07. The Bertz CT molecular complexity index is 109. The molecule has 1 saturated carbocycles. The van der Waals surface area contributed by atoms with Gasteiger partial charge in [0, 0.05) is 21.1 Å². The maximum absolute atomic E-state index is 12.1. The van der Waals surface area contributed by atoms with Gasteiger partial charge in [0.05, 0.1) is 0 Å². The van der Waals surface area contributed by atoms with Crippen LogP contribution in [-0.4, -0.2) is 5.66 Å². The standard InChI is InChI=1S/C6H12F3P.Pt/c7-10(8,9)6-4-2-1-3-5-6;/h6,10H,1-5H2;. The maximum atomic E-state index is 12.1. The Morgan fingerprint density at radius 3 is 1.64 bits per heavy atom. The van der Waals surface area contributed by atoms with Crippen LogP contribution in [-0.2, 0) is 21.1 Å². The topological polar surface area (TPSA) is 0 Å². The number of hydrogen-bond donors (Lipinski definition) is 0. The van der Waals surface area contributed by atoms with E-state index in [1.54, 1.807) is 0 Å². The molecule has 0 aromatic rings. The van der Waals surface area contributed by atoms with Crippen LogP contribution < -0.4 is 0 Å². The van der Waals surface area contributed by atoms with Crippen molar-refractivity contribution >= 4 is 8.19 Å². The van der Waals surface area contributed by atoms with Crippen LogP contribution in [0.15, 0.2) is 0 Å². The molecule has 0 heterocycles. The van der Waals surface area contributed by atoms with Crippen molar-refractivity contribution in [1.29, 1.82) is 0 Å². The Labute approximate surface area is 79.9 Å². The molecule has 1 fully saturated rings. The second kappa shape index (κ2) is 4.82. The quantitative estimate of drug-likeness (QED) is 0.620. The van der Waals surface area contributed by atoms with Gasteiger partial charge in [0.15, 0.2) is 0 Å². The molecule has 0 atom stereocenters. The molecule has 0 spiro atoms. The predicted molar refractivity (Wildman–Crippen MR) is 38.5 cm³/mol. The van der Waals surface area contributed by atoms with Gasteiger partial charge in [0.1, 0.15) is 0 Å². The zero-order chi connectivity index (χ0) is 7.61. The van der Waals surface area contributed by atoms with E-state index in [9.17, 15) is 12.6 Å². The summed E-state index contributed by atoms with van der Waals surface area (Å²) in [4.78, 5) is 0. The van der Waals surface area contributed by atoms with E-state index in [2.05, 4.69) is 0 Å². The van der Waals surface area contributed by atoms with Gasteiger partial charge in [-0.2, -0.15) is 0 Å². The van der Waals surface area contributed by atoms with Gasteiger partial charge in [-0.1, -0.05) is 0 Å². The molecule has 0 amide bonds. The Kier molecular flexibility index (Phi) is 5.22. The van der Waals surface area contributed by atoms with Crippen LogP contribution in [0, 0.1) is 0 Å². The number of rotatable bonds is 1. The van der Waals surface area contributed by atoms with Gasteiger partial charge in [-0.15, -0.1) is 0 Å². The van der Waals surface area contributed by atoms with Crippen molar-refractivity contribution in [2.24, 2.45) is 0 Å². The summed E-state index contributed by atoms with van der Waals surface area (Å²) in [7, 11) is -5.26. The van der Waals surface area contributed by atoms with Gasteiger partial charge in [-0.05, 0) is 0 Å². The van der Waals surface area contributed by atoms with E-state index in [4.69, 9.17) is 0 Å². The van der Waals surface area contributed by atoms with Crippen molar-refractivity contribution in [3.8, 4) is 0 Å². The van der Waals surface area contributed by atoms with Crippen LogP contribution in [0.4, 0.5) is 12.6 Å². The van der Waals surface area contributed by atoms with Gasteiger partial charge in [0.2, 0.25) is 0 Å². The molecule has 5 heteroatoms. The molecule has 1 aliphatic rings. The molecule has 0 unspecified atom stereocenters. The molecule has 0 bridgehead atoms. The first kappa shape index (κ1) is 11.9. The molecule has 1 aliphatic carbocycles. The van der Waals surface area contributed by atoms with E-state index in [0.717, 1.165) is 19.3 Å². The summed E-state index contributed by atoms with van der Waals surface area (Å²) in [6.45, 7) is 0. The summed E-state index contributed by atoms with van der Waals surface area (Å²) in [6.07, 6.45) is 3.40. The Morgan fingerprint density at radius 1 is 0.909 bits per heavy atom. The van der Waals surface area contributed by atoms with Crippen LogP contribution >= 0.6 is 8.19 Å². The van der Waals surface area contributed by atoms with Crippen LogP contribution in [0.5, 0.6) is 0 Å². The van der Waals surface area contributed by atoms with Gasteiger partial charge in [0.25, 0.3) is 0 Å².